The van der Waals surface area contributed by atoms with E-state index in [0.29, 0.717) is 18.4 Å². The topological polar surface area (TPSA) is 81.0 Å². The van der Waals surface area contributed by atoms with Crippen molar-refractivity contribution in [2.24, 2.45) is 11.8 Å². The van der Waals surface area contributed by atoms with Gasteiger partial charge in [0.15, 0.2) is 0 Å². The van der Waals surface area contributed by atoms with Crippen LogP contribution >= 0.6 is 0 Å². The molecule has 0 amide bonds. The zero-order valence-corrected chi connectivity index (χ0v) is 20.4. The summed E-state index contributed by atoms with van der Waals surface area (Å²) < 4.78 is 12.9. The third kappa shape index (κ3) is 4.74. The average Bonchev–Trinajstić information content (AvgIpc) is 3.07. The van der Waals surface area contributed by atoms with Crippen molar-refractivity contribution in [1.82, 2.24) is 9.47 Å². The number of hydrogen-bond acceptors (Lipinski definition) is 6. The minimum absolute atomic E-state index is 0.0842. The molecule has 1 aromatic carbocycles. The number of carbonyl (C=O) groups is 2. The highest BCUT2D eigenvalue weighted by Crippen LogP contribution is 2.45. The fourth-order valence-corrected chi connectivity index (χ4v) is 5.57. The van der Waals surface area contributed by atoms with Gasteiger partial charge in [0.05, 0.1) is 23.9 Å². The molecule has 1 aromatic heterocycles. The first kappa shape index (κ1) is 23.6. The Labute approximate surface area is 195 Å². The lowest BCUT2D eigenvalue weighted by Crippen LogP contribution is -2.44. The lowest BCUT2D eigenvalue weighted by molar-refractivity contribution is -0.143. The van der Waals surface area contributed by atoms with Crippen LogP contribution in [0.25, 0.3) is 10.9 Å². The van der Waals surface area contributed by atoms with E-state index in [9.17, 15) is 14.7 Å². The maximum Gasteiger partial charge on any atom is 0.419 e. The Hall–Kier alpha value is -2.54. The standard InChI is InChI=1S/C26H36N2O5/c1-6-17(15-32-16(2)29)18-9-11-27-12-10-20-21-14-19(30)7-8-22(21)28(24(20)23(27)13-18)25(31)33-26(3,4)5/h7-8,14,17-18,23,30H,6,9-13,15H2,1-5H3/t17?,18-,23-/m0/s1. The SMILES string of the molecule is CCC(COC(C)=O)[C@H]1CCN2CCc3c(n(C(=O)OC(C)(C)C)c4ccc(O)cc34)[C@@H]2C1. The van der Waals surface area contributed by atoms with Crippen LogP contribution in [-0.4, -0.2) is 51.9 Å². The van der Waals surface area contributed by atoms with E-state index in [0.717, 1.165) is 60.9 Å². The number of aromatic nitrogens is 1. The minimum atomic E-state index is -0.613. The largest absolute Gasteiger partial charge is 0.508 e. The average molecular weight is 457 g/mol. The van der Waals surface area contributed by atoms with Crippen molar-refractivity contribution < 1.29 is 24.2 Å². The van der Waals surface area contributed by atoms with Crippen molar-refractivity contribution in [3.05, 3.63) is 29.5 Å². The van der Waals surface area contributed by atoms with E-state index < -0.39 is 5.60 Å². The molecule has 1 saturated heterocycles. The van der Waals surface area contributed by atoms with E-state index in [1.165, 1.54) is 6.92 Å². The van der Waals surface area contributed by atoms with Gasteiger partial charge in [-0.05, 0) is 88.6 Å². The number of phenolic OH excluding ortho intramolecular Hbond substituents is 1. The molecule has 7 heteroatoms. The second-order valence-electron chi connectivity index (χ2n) is 10.4. The van der Waals surface area contributed by atoms with E-state index in [-0.39, 0.29) is 23.9 Å². The monoisotopic (exact) mass is 456 g/mol. The Morgan fingerprint density at radius 3 is 2.67 bits per heavy atom. The number of rotatable bonds is 4. The van der Waals surface area contributed by atoms with Crippen molar-refractivity contribution in [3.8, 4) is 5.75 Å². The maximum atomic E-state index is 13.4. The molecule has 0 radical (unpaired) electrons. The van der Waals surface area contributed by atoms with E-state index in [4.69, 9.17) is 9.47 Å². The second kappa shape index (κ2) is 9.01. The molecule has 180 valence electrons. The fourth-order valence-electron chi connectivity index (χ4n) is 5.57. The Bertz CT molecular complexity index is 1050. The van der Waals surface area contributed by atoms with Crippen LogP contribution in [0.3, 0.4) is 0 Å². The van der Waals surface area contributed by atoms with Gasteiger partial charge in [0.25, 0.3) is 0 Å². The summed E-state index contributed by atoms with van der Waals surface area (Å²) in [5, 5.41) is 11.1. The smallest absolute Gasteiger partial charge is 0.419 e. The first-order valence-electron chi connectivity index (χ1n) is 12.1. The summed E-state index contributed by atoms with van der Waals surface area (Å²) in [5.41, 5.74) is 2.28. The zero-order chi connectivity index (χ0) is 23.9. The Morgan fingerprint density at radius 1 is 1.24 bits per heavy atom. The predicted molar refractivity (Wildman–Crippen MR) is 126 cm³/mol. The number of piperidine rings is 1. The maximum absolute atomic E-state index is 13.4. The molecule has 0 aliphatic carbocycles. The van der Waals surface area contributed by atoms with Crippen LogP contribution < -0.4 is 0 Å². The number of hydrogen-bond donors (Lipinski definition) is 1. The molecule has 1 fully saturated rings. The van der Waals surface area contributed by atoms with Crippen molar-refractivity contribution in [3.63, 3.8) is 0 Å². The summed E-state index contributed by atoms with van der Waals surface area (Å²) in [6.45, 7) is 11.5. The van der Waals surface area contributed by atoms with Gasteiger partial charge in [-0.2, -0.15) is 0 Å². The quantitative estimate of drug-likeness (QED) is 0.650. The van der Waals surface area contributed by atoms with Crippen LogP contribution in [0.5, 0.6) is 5.75 Å². The number of benzene rings is 1. The second-order valence-corrected chi connectivity index (χ2v) is 10.4. The number of phenols is 1. The highest BCUT2D eigenvalue weighted by atomic mass is 16.6. The van der Waals surface area contributed by atoms with Gasteiger partial charge in [0.2, 0.25) is 0 Å². The molecule has 33 heavy (non-hydrogen) atoms. The van der Waals surface area contributed by atoms with E-state index in [2.05, 4.69) is 11.8 Å². The molecule has 3 heterocycles. The summed E-state index contributed by atoms with van der Waals surface area (Å²) in [7, 11) is 0. The van der Waals surface area contributed by atoms with Crippen LogP contribution in [0.4, 0.5) is 4.79 Å². The molecule has 0 bridgehead atoms. The summed E-state index contributed by atoms with van der Waals surface area (Å²) in [6.07, 6.45) is 3.35. The Morgan fingerprint density at radius 2 is 2.00 bits per heavy atom. The molecular formula is C26H36N2O5. The molecule has 2 aliphatic heterocycles. The van der Waals surface area contributed by atoms with E-state index in [1.54, 1.807) is 16.7 Å². The first-order valence-corrected chi connectivity index (χ1v) is 12.1. The minimum Gasteiger partial charge on any atom is -0.508 e. The molecule has 7 nitrogen and oxygen atoms in total. The van der Waals surface area contributed by atoms with Crippen LogP contribution in [0.2, 0.25) is 0 Å². The van der Waals surface area contributed by atoms with Gasteiger partial charge in [-0.1, -0.05) is 6.92 Å². The molecule has 1 unspecified atom stereocenters. The molecule has 2 aromatic rings. The highest BCUT2D eigenvalue weighted by molar-refractivity contribution is 5.95. The highest BCUT2D eigenvalue weighted by Gasteiger charge is 2.41. The van der Waals surface area contributed by atoms with Crippen LogP contribution in [0.1, 0.15) is 71.2 Å². The third-order valence-corrected chi connectivity index (χ3v) is 7.08. The molecular weight excluding hydrogens is 420 g/mol. The van der Waals surface area contributed by atoms with Crippen LogP contribution in [0, 0.1) is 11.8 Å². The van der Waals surface area contributed by atoms with Crippen molar-refractivity contribution in [1.29, 1.82) is 0 Å². The van der Waals surface area contributed by atoms with Crippen molar-refractivity contribution in [2.75, 3.05) is 19.7 Å². The summed E-state index contributed by atoms with van der Waals surface area (Å²) >= 11 is 0. The first-order chi connectivity index (χ1) is 15.6. The van der Waals surface area contributed by atoms with Crippen molar-refractivity contribution >= 4 is 23.0 Å². The van der Waals surface area contributed by atoms with Gasteiger partial charge < -0.3 is 14.6 Å². The summed E-state index contributed by atoms with van der Waals surface area (Å²) in [5.74, 6) is 0.656. The van der Waals surface area contributed by atoms with Gasteiger partial charge in [-0.3, -0.25) is 9.69 Å². The number of fused-ring (bicyclic) bond motifs is 5. The molecule has 0 saturated carbocycles. The lowest BCUT2D eigenvalue weighted by Gasteiger charge is -2.44. The van der Waals surface area contributed by atoms with Crippen LogP contribution in [0.15, 0.2) is 18.2 Å². The number of nitrogens with zero attached hydrogens (tertiary/aromatic N) is 2. The molecule has 1 N–H and O–H groups in total. The fraction of sp³-hybridized carbons (Fsp3) is 0.615. The zero-order valence-electron chi connectivity index (χ0n) is 20.4. The lowest BCUT2D eigenvalue weighted by atomic mass is 9.77. The Kier molecular flexibility index (Phi) is 6.45. The number of esters is 1. The Balaban J connectivity index is 1.76. The molecule has 2 aliphatic rings. The number of ether oxygens (including phenoxy) is 2. The van der Waals surface area contributed by atoms with Gasteiger partial charge in [0.1, 0.15) is 11.4 Å². The summed E-state index contributed by atoms with van der Waals surface area (Å²) in [4.78, 5) is 27.3. The van der Waals surface area contributed by atoms with Crippen LogP contribution in [-0.2, 0) is 20.7 Å². The number of carbonyl (C=O) groups excluding carboxylic acids is 2. The van der Waals surface area contributed by atoms with Gasteiger partial charge in [0, 0.05) is 18.9 Å². The summed E-state index contributed by atoms with van der Waals surface area (Å²) in [6, 6.07) is 5.29. The molecule has 0 spiro atoms. The normalized spacial score (nSPS) is 21.8. The van der Waals surface area contributed by atoms with E-state index >= 15 is 0 Å². The third-order valence-electron chi connectivity index (χ3n) is 7.08. The van der Waals surface area contributed by atoms with Crippen molar-refractivity contribution in [2.45, 2.75) is 71.9 Å². The number of aromatic hydroxyl groups is 1. The van der Waals surface area contributed by atoms with E-state index in [1.807, 2.05) is 26.8 Å². The van der Waals surface area contributed by atoms with Gasteiger partial charge in [-0.25, -0.2) is 9.36 Å². The van der Waals surface area contributed by atoms with Gasteiger partial charge in [-0.15, -0.1) is 0 Å². The predicted octanol–water partition coefficient (Wildman–Crippen LogP) is 5.03. The molecule has 3 atom stereocenters. The molecule has 4 rings (SSSR count). The van der Waals surface area contributed by atoms with Gasteiger partial charge >= 0.3 is 12.1 Å².